The molecular weight excluding hydrogens is 564 g/mol. The number of aliphatic hydroxyl groups excluding tert-OH is 1. The molecule has 42 heavy (non-hydrogen) atoms. The number of carbonyl (C=O) groups excluding carboxylic acids is 3. The first kappa shape index (κ1) is 30.1. The Labute approximate surface area is 246 Å². The van der Waals surface area contributed by atoms with E-state index in [2.05, 4.69) is 11.6 Å². The number of carbonyl (C=O) groups is 3. The van der Waals surface area contributed by atoms with Crippen LogP contribution >= 0.6 is 11.3 Å². The first-order valence-corrected chi connectivity index (χ1v) is 13.4. The molecule has 3 aromatic rings. The van der Waals surface area contributed by atoms with Crippen molar-refractivity contribution in [2.75, 3.05) is 39.9 Å². The number of aromatic nitrogens is 1. The number of hydrogen-bond acceptors (Lipinski definition) is 11. The molecule has 4 rings (SSSR count). The number of ketones is 1. The summed E-state index contributed by atoms with van der Waals surface area (Å²) in [7, 11) is 5.83. The normalized spacial score (nSPS) is 15.9. The van der Waals surface area contributed by atoms with Gasteiger partial charge in [0.2, 0.25) is 5.75 Å². The Bertz CT molecular complexity index is 1580. The van der Waals surface area contributed by atoms with Crippen molar-refractivity contribution in [1.29, 1.82) is 0 Å². The number of thiazole rings is 1. The second-order valence-corrected chi connectivity index (χ2v) is 10.1. The molecule has 2 heterocycles. The van der Waals surface area contributed by atoms with Gasteiger partial charge in [-0.25, -0.2) is 9.78 Å². The Morgan fingerprint density at radius 3 is 2.26 bits per heavy atom. The van der Waals surface area contributed by atoms with E-state index in [0.717, 1.165) is 16.2 Å². The number of methoxy groups -OCH3 is 4. The predicted octanol–water partition coefficient (Wildman–Crippen LogP) is 4.76. The van der Waals surface area contributed by atoms with Crippen LogP contribution in [0.25, 0.3) is 5.76 Å². The number of aryl methyl sites for hydroxylation is 2. The molecule has 220 valence electrons. The monoisotopic (exact) mass is 594 g/mol. The first-order valence-electron chi connectivity index (χ1n) is 12.6. The molecule has 1 N–H and O–H groups in total. The van der Waals surface area contributed by atoms with Gasteiger partial charge in [0.15, 0.2) is 16.6 Å². The lowest BCUT2D eigenvalue weighted by Crippen LogP contribution is -2.29. The minimum atomic E-state index is -1.18. The number of esters is 1. The Morgan fingerprint density at radius 2 is 1.71 bits per heavy atom. The summed E-state index contributed by atoms with van der Waals surface area (Å²) < 4.78 is 26.9. The average molecular weight is 595 g/mol. The summed E-state index contributed by atoms with van der Waals surface area (Å²) in [6.45, 7) is 6.87. The van der Waals surface area contributed by atoms with Crippen molar-refractivity contribution in [3.63, 3.8) is 0 Å². The molecule has 1 aliphatic rings. The molecule has 1 atom stereocenters. The number of rotatable bonds is 10. The summed E-state index contributed by atoms with van der Waals surface area (Å²) in [6.07, 6.45) is 1.43. The number of hydrogen-bond donors (Lipinski definition) is 1. The maximum atomic E-state index is 13.7. The van der Waals surface area contributed by atoms with Crippen LogP contribution in [0.4, 0.5) is 5.13 Å². The third kappa shape index (κ3) is 5.28. The van der Waals surface area contributed by atoms with Crippen molar-refractivity contribution in [2.24, 2.45) is 0 Å². The SMILES string of the molecule is C=CCOC(=O)c1sc(N2C(=O)C(=O)/C(=C(/O)c3ccc(OC)cc3C)[C@H]2c2cc(OC)c(OC)c(OC)c2)nc1C. The molecule has 11 nitrogen and oxygen atoms in total. The number of ether oxygens (including phenoxy) is 5. The standard InChI is InChI=1S/C30H30N2O9S/c1-8-11-41-29(36)27-16(3)31-30(42-27)32-23(17-13-20(38-5)26(40-7)21(14-17)39-6)22(25(34)28(32)35)24(33)19-10-9-18(37-4)12-15(19)2/h8-10,12-14,23,33H,1,11H2,2-7H3/b24-22+/t23-/m1/s1. The van der Waals surface area contributed by atoms with E-state index in [1.807, 2.05) is 0 Å². The third-order valence-electron chi connectivity index (χ3n) is 6.64. The number of benzene rings is 2. The number of amides is 1. The summed E-state index contributed by atoms with van der Waals surface area (Å²) in [5.74, 6) is -1.54. The summed E-state index contributed by atoms with van der Waals surface area (Å²) in [6, 6.07) is 6.92. The molecule has 0 radical (unpaired) electrons. The summed E-state index contributed by atoms with van der Waals surface area (Å²) >= 11 is 0.890. The van der Waals surface area contributed by atoms with Crippen molar-refractivity contribution in [3.05, 3.63) is 75.8 Å². The van der Waals surface area contributed by atoms with Gasteiger partial charge in [0, 0.05) is 5.56 Å². The van der Waals surface area contributed by atoms with Gasteiger partial charge in [-0.05, 0) is 55.3 Å². The van der Waals surface area contributed by atoms with Gasteiger partial charge in [0.05, 0.1) is 45.7 Å². The average Bonchev–Trinajstić information content (AvgIpc) is 3.50. The fourth-order valence-corrected chi connectivity index (χ4v) is 5.64. The lowest BCUT2D eigenvalue weighted by molar-refractivity contribution is -0.132. The van der Waals surface area contributed by atoms with Crippen LogP contribution in [0.15, 0.2) is 48.6 Å². The van der Waals surface area contributed by atoms with Crippen LogP contribution in [0.2, 0.25) is 0 Å². The van der Waals surface area contributed by atoms with Gasteiger partial charge in [-0.3, -0.25) is 14.5 Å². The van der Waals surface area contributed by atoms with Gasteiger partial charge in [-0.2, -0.15) is 0 Å². The molecule has 1 fully saturated rings. The van der Waals surface area contributed by atoms with Gasteiger partial charge in [0.1, 0.15) is 23.0 Å². The summed E-state index contributed by atoms with van der Waals surface area (Å²) in [5, 5.41) is 11.7. The van der Waals surface area contributed by atoms with E-state index in [9.17, 15) is 19.5 Å². The van der Waals surface area contributed by atoms with Crippen LogP contribution in [0, 0.1) is 13.8 Å². The molecule has 0 bridgehead atoms. The van der Waals surface area contributed by atoms with E-state index in [4.69, 9.17) is 23.7 Å². The van der Waals surface area contributed by atoms with Crippen LogP contribution in [0.3, 0.4) is 0 Å². The summed E-state index contributed by atoms with van der Waals surface area (Å²) in [4.78, 5) is 45.8. The highest BCUT2D eigenvalue weighted by atomic mass is 32.1. The van der Waals surface area contributed by atoms with E-state index >= 15 is 0 Å². The number of anilines is 1. The molecule has 1 aliphatic heterocycles. The van der Waals surface area contributed by atoms with Crippen molar-refractivity contribution in [3.8, 4) is 23.0 Å². The zero-order chi connectivity index (χ0) is 30.7. The highest BCUT2D eigenvalue weighted by Crippen LogP contribution is 2.48. The minimum absolute atomic E-state index is 0.0112. The van der Waals surface area contributed by atoms with E-state index in [1.54, 1.807) is 44.2 Å². The van der Waals surface area contributed by atoms with E-state index < -0.39 is 29.5 Å². The zero-order valence-corrected chi connectivity index (χ0v) is 24.8. The van der Waals surface area contributed by atoms with Crippen molar-refractivity contribution >= 4 is 39.9 Å². The van der Waals surface area contributed by atoms with E-state index in [0.29, 0.717) is 33.9 Å². The van der Waals surface area contributed by atoms with Crippen LogP contribution in [-0.2, 0) is 14.3 Å². The number of Topliss-reactive ketones (excluding diaryl/α,β-unsaturated/α-hetero) is 1. The molecule has 1 amide bonds. The number of aliphatic hydroxyl groups is 1. The molecule has 0 saturated carbocycles. The highest BCUT2D eigenvalue weighted by molar-refractivity contribution is 7.17. The smallest absolute Gasteiger partial charge is 0.350 e. The van der Waals surface area contributed by atoms with E-state index in [-0.39, 0.29) is 33.7 Å². The summed E-state index contributed by atoms with van der Waals surface area (Å²) in [5.41, 5.74) is 1.42. The van der Waals surface area contributed by atoms with Gasteiger partial charge in [-0.15, -0.1) is 0 Å². The second-order valence-electron chi connectivity index (χ2n) is 9.11. The van der Waals surface area contributed by atoms with Crippen LogP contribution in [0.1, 0.15) is 38.1 Å². The van der Waals surface area contributed by atoms with Crippen molar-refractivity contribution in [2.45, 2.75) is 19.9 Å². The molecule has 1 saturated heterocycles. The largest absolute Gasteiger partial charge is 0.507 e. The molecule has 0 spiro atoms. The predicted molar refractivity (Wildman–Crippen MR) is 156 cm³/mol. The maximum Gasteiger partial charge on any atom is 0.350 e. The van der Waals surface area contributed by atoms with Gasteiger partial charge in [0.25, 0.3) is 5.78 Å². The second kappa shape index (κ2) is 12.4. The van der Waals surface area contributed by atoms with Gasteiger partial charge >= 0.3 is 11.9 Å². The van der Waals surface area contributed by atoms with Crippen LogP contribution < -0.4 is 23.8 Å². The third-order valence-corrected chi connectivity index (χ3v) is 7.78. The molecule has 0 aliphatic carbocycles. The lowest BCUT2D eigenvalue weighted by Gasteiger charge is -2.24. The van der Waals surface area contributed by atoms with Gasteiger partial charge < -0.3 is 28.8 Å². The number of nitrogens with zero attached hydrogens (tertiary/aromatic N) is 2. The Hall–Kier alpha value is -4.84. The first-order chi connectivity index (χ1) is 20.1. The Morgan fingerprint density at radius 1 is 1.05 bits per heavy atom. The van der Waals surface area contributed by atoms with Crippen molar-refractivity contribution < 1.29 is 43.2 Å². The zero-order valence-electron chi connectivity index (χ0n) is 24.0. The maximum absolute atomic E-state index is 13.7. The van der Waals surface area contributed by atoms with E-state index in [1.165, 1.54) is 34.5 Å². The molecule has 0 unspecified atom stereocenters. The highest BCUT2D eigenvalue weighted by Gasteiger charge is 2.49. The molecule has 1 aromatic heterocycles. The van der Waals surface area contributed by atoms with Crippen molar-refractivity contribution in [1.82, 2.24) is 4.98 Å². The minimum Gasteiger partial charge on any atom is -0.507 e. The molecule has 12 heteroatoms. The fraction of sp³-hybridized carbons (Fsp3) is 0.267. The fourth-order valence-electron chi connectivity index (χ4n) is 4.65. The Balaban J connectivity index is 1.99. The molecule has 2 aromatic carbocycles. The molecular formula is C30H30N2O9S. The van der Waals surface area contributed by atoms with Gasteiger partial charge in [-0.1, -0.05) is 24.0 Å². The Kier molecular flexibility index (Phi) is 8.86. The lowest BCUT2D eigenvalue weighted by atomic mass is 9.93. The van der Waals surface area contributed by atoms with Crippen LogP contribution in [0.5, 0.6) is 23.0 Å². The topological polar surface area (TPSA) is 134 Å². The quantitative estimate of drug-likeness (QED) is 0.115. The van der Waals surface area contributed by atoms with Crippen LogP contribution in [-0.4, -0.2) is 62.8 Å².